The molecule has 1 fully saturated rings. The van der Waals surface area contributed by atoms with Gasteiger partial charge in [-0.05, 0) is 19.3 Å². The predicted molar refractivity (Wildman–Crippen MR) is 65.5 cm³/mol. The molecule has 2 unspecified atom stereocenters. The van der Waals surface area contributed by atoms with Gasteiger partial charge in [-0.2, -0.15) is 0 Å². The quantitative estimate of drug-likeness (QED) is 0.746. The lowest BCUT2D eigenvalue weighted by molar-refractivity contribution is -0.136. The molecule has 4 heteroatoms. The maximum atomic E-state index is 11.9. The number of carbonyl (C=O) groups is 1. The van der Waals surface area contributed by atoms with Gasteiger partial charge in [-0.3, -0.25) is 4.79 Å². The minimum Gasteiger partial charge on any atom is -0.393 e. The second kappa shape index (κ2) is 5.45. The van der Waals surface area contributed by atoms with E-state index in [1.165, 1.54) is 0 Å². The van der Waals surface area contributed by atoms with Crippen molar-refractivity contribution in [2.45, 2.75) is 33.1 Å². The summed E-state index contributed by atoms with van der Waals surface area (Å²) >= 11 is 4.99. The van der Waals surface area contributed by atoms with Crippen LogP contribution in [0.3, 0.4) is 0 Å². The molecule has 1 aliphatic heterocycles. The van der Waals surface area contributed by atoms with Gasteiger partial charge < -0.3 is 10.6 Å². The van der Waals surface area contributed by atoms with Crippen LogP contribution in [0, 0.1) is 11.8 Å². The molecule has 1 saturated heterocycles. The van der Waals surface area contributed by atoms with Crippen molar-refractivity contribution in [2.24, 2.45) is 17.6 Å². The molecule has 0 spiro atoms. The monoisotopic (exact) mass is 228 g/mol. The van der Waals surface area contributed by atoms with Crippen LogP contribution in [0.1, 0.15) is 33.1 Å². The molecular weight excluding hydrogens is 208 g/mol. The van der Waals surface area contributed by atoms with Crippen molar-refractivity contribution in [1.29, 1.82) is 0 Å². The molecule has 0 aliphatic carbocycles. The molecule has 86 valence electrons. The van der Waals surface area contributed by atoms with Crippen molar-refractivity contribution >= 4 is 23.1 Å². The Balaban J connectivity index is 2.56. The summed E-state index contributed by atoms with van der Waals surface area (Å²) in [4.78, 5) is 14.4. The first-order valence-corrected chi connectivity index (χ1v) is 6.05. The van der Waals surface area contributed by atoms with Crippen LogP contribution >= 0.6 is 12.2 Å². The molecule has 3 nitrogen and oxygen atoms in total. The lowest BCUT2D eigenvalue weighted by Gasteiger charge is -2.33. The van der Waals surface area contributed by atoms with Gasteiger partial charge >= 0.3 is 0 Å². The van der Waals surface area contributed by atoms with E-state index < -0.39 is 0 Å². The van der Waals surface area contributed by atoms with Crippen LogP contribution < -0.4 is 5.73 Å². The van der Waals surface area contributed by atoms with Gasteiger partial charge in [0.2, 0.25) is 5.91 Å². The Kier molecular flexibility index (Phi) is 4.51. The standard InChI is InChI=1S/C11H20N2OS/c1-3-8(2)11(14)13-6-4-5-9(7-13)10(12)15/h8-9H,3-7H2,1-2H3,(H2,12,15). The number of carbonyl (C=O) groups excluding carboxylic acids is 1. The number of hydrogen-bond acceptors (Lipinski definition) is 2. The molecule has 1 heterocycles. The molecule has 1 aliphatic rings. The zero-order chi connectivity index (χ0) is 11.4. The van der Waals surface area contributed by atoms with Crippen molar-refractivity contribution in [3.05, 3.63) is 0 Å². The number of hydrogen-bond donors (Lipinski definition) is 1. The number of nitrogens with two attached hydrogens (primary N) is 1. The third-order valence-corrected chi connectivity index (χ3v) is 3.50. The Morgan fingerprint density at radius 2 is 2.33 bits per heavy atom. The van der Waals surface area contributed by atoms with Gasteiger partial charge in [0.05, 0.1) is 4.99 Å². The van der Waals surface area contributed by atoms with E-state index in [1.807, 2.05) is 18.7 Å². The highest BCUT2D eigenvalue weighted by atomic mass is 32.1. The fourth-order valence-electron chi connectivity index (χ4n) is 1.90. The molecule has 0 aromatic carbocycles. The first-order valence-electron chi connectivity index (χ1n) is 5.64. The van der Waals surface area contributed by atoms with Crippen LogP contribution in [-0.4, -0.2) is 28.9 Å². The van der Waals surface area contributed by atoms with E-state index in [0.29, 0.717) is 4.99 Å². The molecular formula is C11H20N2OS. The summed E-state index contributed by atoms with van der Waals surface area (Å²) in [6.07, 6.45) is 2.94. The highest BCUT2D eigenvalue weighted by Gasteiger charge is 2.27. The van der Waals surface area contributed by atoms with Crippen molar-refractivity contribution < 1.29 is 4.79 Å². The fraction of sp³-hybridized carbons (Fsp3) is 0.818. The average molecular weight is 228 g/mol. The zero-order valence-electron chi connectivity index (χ0n) is 9.53. The third kappa shape index (κ3) is 3.16. The Labute approximate surface area is 97.0 Å². The van der Waals surface area contributed by atoms with Gasteiger partial charge in [0.25, 0.3) is 0 Å². The first-order chi connectivity index (χ1) is 7.06. The SMILES string of the molecule is CCC(C)C(=O)N1CCCC(C(N)=S)C1. The van der Waals surface area contributed by atoms with Crippen LogP contribution in [0.2, 0.25) is 0 Å². The van der Waals surface area contributed by atoms with E-state index in [4.69, 9.17) is 18.0 Å². The summed E-state index contributed by atoms with van der Waals surface area (Å²) < 4.78 is 0. The molecule has 2 atom stereocenters. The van der Waals surface area contributed by atoms with Gasteiger partial charge in [0.15, 0.2) is 0 Å². The van der Waals surface area contributed by atoms with Crippen LogP contribution in [0.25, 0.3) is 0 Å². The Bertz CT molecular complexity index is 255. The van der Waals surface area contributed by atoms with E-state index in [2.05, 4.69) is 0 Å². The Morgan fingerprint density at radius 1 is 1.67 bits per heavy atom. The van der Waals surface area contributed by atoms with E-state index >= 15 is 0 Å². The zero-order valence-corrected chi connectivity index (χ0v) is 10.3. The lowest BCUT2D eigenvalue weighted by atomic mass is 9.96. The van der Waals surface area contributed by atoms with E-state index in [-0.39, 0.29) is 17.7 Å². The highest BCUT2D eigenvalue weighted by molar-refractivity contribution is 7.80. The number of nitrogens with zero attached hydrogens (tertiary/aromatic N) is 1. The number of rotatable bonds is 3. The molecule has 1 amide bonds. The Morgan fingerprint density at radius 3 is 2.87 bits per heavy atom. The topological polar surface area (TPSA) is 46.3 Å². The minimum atomic E-state index is 0.120. The Hall–Kier alpha value is -0.640. The van der Waals surface area contributed by atoms with Crippen molar-refractivity contribution in [1.82, 2.24) is 4.90 Å². The highest BCUT2D eigenvalue weighted by Crippen LogP contribution is 2.19. The lowest BCUT2D eigenvalue weighted by Crippen LogP contribution is -2.45. The molecule has 2 N–H and O–H groups in total. The second-order valence-corrected chi connectivity index (χ2v) is 4.81. The summed E-state index contributed by atoms with van der Waals surface area (Å²) in [6.45, 7) is 5.60. The molecule has 0 bridgehead atoms. The summed E-state index contributed by atoms with van der Waals surface area (Å²) in [5.41, 5.74) is 5.63. The van der Waals surface area contributed by atoms with E-state index in [9.17, 15) is 4.79 Å². The molecule has 15 heavy (non-hydrogen) atoms. The van der Waals surface area contributed by atoms with Crippen LogP contribution in [0.4, 0.5) is 0 Å². The third-order valence-electron chi connectivity index (χ3n) is 3.17. The minimum absolute atomic E-state index is 0.120. The van der Waals surface area contributed by atoms with Gasteiger partial charge in [0, 0.05) is 24.9 Å². The predicted octanol–water partition coefficient (Wildman–Crippen LogP) is 1.56. The maximum Gasteiger partial charge on any atom is 0.225 e. The average Bonchev–Trinajstić information content (AvgIpc) is 2.27. The van der Waals surface area contributed by atoms with Crippen molar-refractivity contribution in [3.8, 4) is 0 Å². The number of piperidine rings is 1. The normalized spacial score (nSPS) is 23.6. The number of thiocarbonyl (C=S) groups is 1. The molecule has 0 aromatic heterocycles. The van der Waals surface area contributed by atoms with Gasteiger partial charge in [-0.1, -0.05) is 26.1 Å². The van der Waals surface area contributed by atoms with E-state index in [0.717, 1.165) is 32.4 Å². The first kappa shape index (κ1) is 12.4. The van der Waals surface area contributed by atoms with Crippen molar-refractivity contribution in [2.75, 3.05) is 13.1 Å². The van der Waals surface area contributed by atoms with Crippen LogP contribution in [0.5, 0.6) is 0 Å². The smallest absolute Gasteiger partial charge is 0.225 e. The van der Waals surface area contributed by atoms with Gasteiger partial charge in [0.1, 0.15) is 0 Å². The molecule has 0 aromatic rings. The number of likely N-dealkylation sites (tertiary alicyclic amines) is 1. The van der Waals surface area contributed by atoms with Crippen LogP contribution in [-0.2, 0) is 4.79 Å². The van der Waals surface area contributed by atoms with Gasteiger partial charge in [-0.25, -0.2) is 0 Å². The second-order valence-electron chi connectivity index (χ2n) is 4.34. The van der Waals surface area contributed by atoms with Crippen LogP contribution in [0.15, 0.2) is 0 Å². The fourth-order valence-corrected chi connectivity index (χ4v) is 2.09. The summed E-state index contributed by atoms with van der Waals surface area (Å²) in [5, 5.41) is 0. The molecule has 1 rings (SSSR count). The summed E-state index contributed by atoms with van der Waals surface area (Å²) in [6, 6.07) is 0. The number of amides is 1. The maximum absolute atomic E-state index is 11.9. The van der Waals surface area contributed by atoms with E-state index in [1.54, 1.807) is 0 Å². The van der Waals surface area contributed by atoms with Gasteiger partial charge in [-0.15, -0.1) is 0 Å². The van der Waals surface area contributed by atoms with Crippen molar-refractivity contribution in [3.63, 3.8) is 0 Å². The summed E-state index contributed by atoms with van der Waals surface area (Å²) in [7, 11) is 0. The summed E-state index contributed by atoms with van der Waals surface area (Å²) in [5.74, 6) is 0.593. The molecule has 0 radical (unpaired) electrons. The molecule has 0 saturated carbocycles. The largest absolute Gasteiger partial charge is 0.393 e.